The summed E-state index contributed by atoms with van der Waals surface area (Å²) >= 11 is 0. The standard InChI is InChI=1S/C32H42N4O6S.ClH/c1-43(40,41)29-10-4-3-9-27(29)36-20-15-26(28(37)23-36)33-31(39)32(16-5-2-6-17-32)34-30(38)24-11-13-25(14-12-24)42-22-21-35-18-7-8-19-35;/h3-4,9-14,26H,2,5-8,15-23H2,1H3,(H,33,39)(H,34,38);1H. The number of sulfone groups is 1. The lowest BCUT2D eigenvalue weighted by Crippen LogP contribution is -2.63. The van der Waals surface area contributed by atoms with E-state index in [1.54, 1.807) is 47.4 Å². The molecule has 1 unspecified atom stereocenters. The molecule has 1 aliphatic carbocycles. The maximum Gasteiger partial charge on any atom is 0.252 e. The summed E-state index contributed by atoms with van der Waals surface area (Å²) in [5, 5.41) is 5.96. The molecular formula is C32H43ClN4O6S. The molecule has 1 saturated carbocycles. The number of nitrogens with one attached hydrogen (secondary N) is 2. The number of anilines is 1. The zero-order valence-corrected chi connectivity index (χ0v) is 26.9. The normalized spacial score (nSPS) is 20.4. The number of para-hydroxylation sites is 1. The van der Waals surface area contributed by atoms with Gasteiger partial charge in [0.25, 0.3) is 5.91 Å². The lowest BCUT2D eigenvalue weighted by atomic mass is 9.80. The summed E-state index contributed by atoms with van der Waals surface area (Å²) in [6, 6.07) is 12.9. The number of amides is 2. The van der Waals surface area contributed by atoms with Gasteiger partial charge in [-0.3, -0.25) is 19.3 Å². The quantitative estimate of drug-likeness (QED) is 0.403. The van der Waals surface area contributed by atoms with Gasteiger partial charge in [0, 0.05) is 24.9 Å². The first-order valence-corrected chi connectivity index (χ1v) is 17.2. The highest BCUT2D eigenvalue weighted by Gasteiger charge is 2.43. The number of nitrogens with zero attached hydrogens (tertiary/aromatic N) is 2. The average molecular weight is 647 g/mol. The molecule has 12 heteroatoms. The fraction of sp³-hybridized carbons (Fsp3) is 0.531. The Morgan fingerprint density at radius 3 is 2.30 bits per heavy atom. The average Bonchev–Trinajstić information content (AvgIpc) is 3.52. The summed E-state index contributed by atoms with van der Waals surface area (Å²) in [5.74, 6) is -0.171. The number of carbonyl (C=O) groups excluding carboxylic acids is 3. The Bertz CT molecular complexity index is 1420. The molecule has 44 heavy (non-hydrogen) atoms. The molecule has 2 aromatic rings. The Kier molecular flexibility index (Phi) is 11.3. The zero-order valence-electron chi connectivity index (χ0n) is 25.3. The van der Waals surface area contributed by atoms with E-state index in [4.69, 9.17) is 4.74 Å². The van der Waals surface area contributed by atoms with Crippen molar-refractivity contribution in [3.8, 4) is 5.75 Å². The maximum atomic E-state index is 13.7. The molecule has 10 nitrogen and oxygen atoms in total. The molecule has 5 rings (SSSR count). The minimum atomic E-state index is -3.47. The summed E-state index contributed by atoms with van der Waals surface area (Å²) < 4.78 is 30.4. The van der Waals surface area contributed by atoms with E-state index in [1.165, 1.54) is 18.9 Å². The van der Waals surface area contributed by atoms with Gasteiger partial charge in [-0.15, -0.1) is 12.4 Å². The van der Waals surface area contributed by atoms with Gasteiger partial charge >= 0.3 is 0 Å². The second-order valence-electron chi connectivity index (χ2n) is 12.0. The number of ether oxygens (including phenoxy) is 1. The monoisotopic (exact) mass is 646 g/mol. The lowest BCUT2D eigenvalue weighted by Gasteiger charge is -2.39. The summed E-state index contributed by atoms with van der Waals surface area (Å²) in [6.07, 6.45) is 7.53. The van der Waals surface area contributed by atoms with Crippen molar-refractivity contribution in [2.24, 2.45) is 0 Å². The number of hydrogen-bond donors (Lipinski definition) is 2. The minimum absolute atomic E-state index is 0. The molecule has 2 saturated heterocycles. The third kappa shape index (κ3) is 8.11. The van der Waals surface area contributed by atoms with Crippen LogP contribution in [-0.4, -0.2) is 88.1 Å². The van der Waals surface area contributed by atoms with Gasteiger partial charge in [-0.2, -0.15) is 0 Å². The van der Waals surface area contributed by atoms with Crippen molar-refractivity contribution in [3.05, 3.63) is 54.1 Å². The van der Waals surface area contributed by atoms with E-state index in [2.05, 4.69) is 15.5 Å². The molecule has 0 spiro atoms. The molecular weight excluding hydrogens is 604 g/mol. The highest BCUT2D eigenvalue weighted by Crippen LogP contribution is 2.31. The molecule has 2 aromatic carbocycles. The predicted molar refractivity (Wildman–Crippen MR) is 171 cm³/mol. The first kappa shape index (κ1) is 33.7. The van der Waals surface area contributed by atoms with Crippen LogP contribution < -0.4 is 20.3 Å². The van der Waals surface area contributed by atoms with E-state index in [9.17, 15) is 22.8 Å². The number of Topliss-reactive ketones (excluding diaryl/α,β-unsaturated/α-hetero) is 1. The largest absolute Gasteiger partial charge is 0.492 e. The molecule has 3 fully saturated rings. The van der Waals surface area contributed by atoms with Crippen LogP contribution in [0, 0.1) is 0 Å². The van der Waals surface area contributed by atoms with Crippen LogP contribution in [-0.2, 0) is 19.4 Å². The third-order valence-corrected chi connectivity index (χ3v) is 9.96. The van der Waals surface area contributed by atoms with Crippen LogP contribution in [0.2, 0.25) is 0 Å². The minimum Gasteiger partial charge on any atom is -0.492 e. The molecule has 2 heterocycles. The molecule has 1 atom stereocenters. The highest BCUT2D eigenvalue weighted by atomic mass is 35.5. The molecule has 0 radical (unpaired) electrons. The zero-order chi connectivity index (χ0) is 30.5. The maximum absolute atomic E-state index is 13.7. The number of likely N-dealkylation sites (tertiary alicyclic amines) is 1. The number of piperidine rings is 1. The number of ketones is 1. The first-order valence-electron chi connectivity index (χ1n) is 15.3. The van der Waals surface area contributed by atoms with E-state index in [-0.39, 0.29) is 41.4 Å². The Hall–Kier alpha value is -3.15. The van der Waals surface area contributed by atoms with Crippen LogP contribution in [0.3, 0.4) is 0 Å². The molecule has 240 valence electrons. The van der Waals surface area contributed by atoms with Crippen molar-refractivity contribution >= 4 is 45.5 Å². The van der Waals surface area contributed by atoms with E-state index >= 15 is 0 Å². The van der Waals surface area contributed by atoms with Gasteiger partial charge in [0.05, 0.1) is 23.2 Å². The third-order valence-electron chi connectivity index (χ3n) is 8.82. The second kappa shape index (κ2) is 14.8. The second-order valence-corrected chi connectivity index (χ2v) is 13.9. The molecule has 0 bridgehead atoms. The summed E-state index contributed by atoms with van der Waals surface area (Å²) in [7, 11) is -3.47. The van der Waals surface area contributed by atoms with E-state index < -0.39 is 21.4 Å². The Labute approximate surface area is 266 Å². The first-order chi connectivity index (χ1) is 20.6. The Balaban J connectivity index is 0.00000442. The topological polar surface area (TPSA) is 125 Å². The van der Waals surface area contributed by atoms with Crippen LogP contribution in [0.4, 0.5) is 5.69 Å². The SMILES string of the molecule is CS(=O)(=O)c1ccccc1N1CCC(NC(=O)C2(NC(=O)c3ccc(OCCN4CCCC4)cc3)CCCCC2)C(=O)C1.Cl. The van der Waals surface area contributed by atoms with E-state index in [1.807, 2.05) is 0 Å². The van der Waals surface area contributed by atoms with Gasteiger partial charge in [-0.25, -0.2) is 8.42 Å². The van der Waals surface area contributed by atoms with Gasteiger partial charge in [0.2, 0.25) is 5.91 Å². The summed E-state index contributed by atoms with van der Waals surface area (Å²) in [6.45, 7) is 4.11. The number of benzene rings is 2. The van der Waals surface area contributed by atoms with Crippen LogP contribution >= 0.6 is 12.4 Å². The van der Waals surface area contributed by atoms with Gasteiger partial charge in [-0.1, -0.05) is 31.4 Å². The van der Waals surface area contributed by atoms with Crippen molar-refractivity contribution in [1.29, 1.82) is 0 Å². The predicted octanol–water partition coefficient (Wildman–Crippen LogP) is 3.38. The van der Waals surface area contributed by atoms with E-state index in [0.717, 1.165) is 45.2 Å². The molecule has 0 aromatic heterocycles. The molecule has 2 amide bonds. The molecule has 3 aliphatic rings. The van der Waals surface area contributed by atoms with E-state index in [0.29, 0.717) is 49.4 Å². The van der Waals surface area contributed by atoms with Crippen molar-refractivity contribution in [2.75, 3.05) is 50.5 Å². The summed E-state index contributed by atoms with van der Waals surface area (Å²) in [4.78, 5) is 44.5. The van der Waals surface area contributed by atoms with Crippen molar-refractivity contribution in [3.63, 3.8) is 0 Å². The number of hydrogen-bond acceptors (Lipinski definition) is 8. The number of halogens is 1. The fourth-order valence-electron chi connectivity index (χ4n) is 6.36. The van der Waals surface area contributed by atoms with Crippen molar-refractivity contribution in [2.45, 2.75) is 67.8 Å². The number of carbonyl (C=O) groups is 3. The van der Waals surface area contributed by atoms with Crippen molar-refractivity contribution in [1.82, 2.24) is 15.5 Å². The molecule has 2 aliphatic heterocycles. The lowest BCUT2D eigenvalue weighted by molar-refractivity contribution is -0.133. The van der Waals surface area contributed by atoms with Gasteiger partial charge in [-0.05, 0) is 81.6 Å². The van der Waals surface area contributed by atoms with Crippen LogP contribution in [0.5, 0.6) is 5.75 Å². The highest BCUT2D eigenvalue weighted by molar-refractivity contribution is 7.90. The Morgan fingerprint density at radius 1 is 0.955 bits per heavy atom. The van der Waals surface area contributed by atoms with Crippen LogP contribution in [0.25, 0.3) is 0 Å². The summed E-state index contributed by atoms with van der Waals surface area (Å²) in [5.41, 5.74) is -0.165. The van der Waals surface area contributed by atoms with Gasteiger partial charge < -0.3 is 20.3 Å². The van der Waals surface area contributed by atoms with Crippen LogP contribution in [0.1, 0.15) is 61.7 Å². The van der Waals surface area contributed by atoms with Crippen LogP contribution in [0.15, 0.2) is 53.4 Å². The fourth-order valence-corrected chi connectivity index (χ4v) is 7.27. The molecule has 2 N–H and O–H groups in total. The van der Waals surface area contributed by atoms with Gasteiger partial charge in [0.1, 0.15) is 17.9 Å². The van der Waals surface area contributed by atoms with Crippen molar-refractivity contribution < 1.29 is 27.5 Å². The number of rotatable bonds is 10. The Morgan fingerprint density at radius 2 is 1.64 bits per heavy atom. The van der Waals surface area contributed by atoms with Gasteiger partial charge in [0.15, 0.2) is 15.6 Å². The smallest absolute Gasteiger partial charge is 0.252 e.